The summed E-state index contributed by atoms with van der Waals surface area (Å²) in [5, 5.41) is 13.6. The molecule has 6 nitrogen and oxygen atoms in total. The quantitative estimate of drug-likeness (QED) is 0.565. The van der Waals surface area contributed by atoms with E-state index in [-0.39, 0.29) is 11.7 Å². The number of aliphatic hydroxyl groups excluding tert-OH is 1. The number of hydrogen-bond acceptors (Lipinski definition) is 6. The first-order chi connectivity index (χ1) is 11.2. The highest BCUT2D eigenvalue weighted by Gasteiger charge is 2.19. The summed E-state index contributed by atoms with van der Waals surface area (Å²) < 4.78 is 9.21. The normalized spacial score (nSPS) is 12.1. The molecule has 124 valence electrons. The lowest BCUT2D eigenvalue weighted by atomic mass is 10.0. The van der Waals surface area contributed by atoms with Gasteiger partial charge in [-0.05, 0) is 24.8 Å². The molecule has 2 rings (SSSR count). The Balaban J connectivity index is 1.62. The maximum Gasteiger partial charge on any atom is 0.397 e. The van der Waals surface area contributed by atoms with Gasteiger partial charge in [-0.25, -0.2) is 4.79 Å². The zero-order chi connectivity index (χ0) is 16.5. The summed E-state index contributed by atoms with van der Waals surface area (Å²) in [7, 11) is 1.23. The van der Waals surface area contributed by atoms with E-state index in [0.717, 1.165) is 32.1 Å². The summed E-state index contributed by atoms with van der Waals surface area (Å²) in [6.07, 6.45) is 4.97. The number of methoxy groups -OCH3 is 1. The number of aromatic nitrogens is 2. The van der Waals surface area contributed by atoms with Crippen LogP contribution in [-0.2, 0) is 11.2 Å². The third-order valence-corrected chi connectivity index (χ3v) is 3.64. The van der Waals surface area contributed by atoms with Gasteiger partial charge in [0.25, 0.3) is 0 Å². The van der Waals surface area contributed by atoms with Crippen LogP contribution in [-0.4, -0.2) is 28.3 Å². The Morgan fingerprint density at radius 1 is 1.22 bits per heavy atom. The van der Waals surface area contributed by atoms with Gasteiger partial charge in [0.15, 0.2) is 0 Å². The molecule has 1 heterocycles. The minimum Gasteiger partial charge on any atom is -0.462 e. The highest BCUT2D eigenvalue weighted by Crippen LogP contribution is 2.18. The van der Waals surface area contributed by atoms with E-state index in [2.05, 4.69) is 39.1 Å². The summed E-state index contributed by atoms with van der Waals surface area (Å²) in [4.78, 5) is 15.0. The highest BCUT2D eigenvalue weighted by molar-refractivity contribution is 5.83. The van der Waals surface area contributed by atoms with E-state index in [0.29, 0.717) is 6.42 Å². The lowest BCUT2D eigenvalue weighted by molar-refractivity contribution is 0.0545. The number of aliphatic hydroxyl groups is 1. The fourth-order valence-corrected chi connectivity index (χ4v) is 2.33. The average molecular weight is 318 g/mol. The average Bonchev–Trinajstić information content (AvgIpc) is 3.08. The van der Waals surface area contributed by atoms with Crippen LogP contribution in [0.25, 0.3) is 0 Å². The van der Waals surface area contributed by atoms with E-state index < -0.39 is 12.1 Å². The van der Waals surface area contributed by atoms with E-state index in [9.17, 15) is 9.90 Å². The predicted molar refractivity (Wildman–Crippen MR) is 83.8 cm³/mol. The van der Waals surface area contributed by atoms with E-state index in [1.54, 1.807) is 0 Å². The van der Waals surface area contributed by atoms with Crippen molar-refractivity contribution in [3.05, 3.63) is 47.6 Å². The lowest BCUT2D eigenvalue weighted by Crippen LogP contribution is -2.04. The minimum absolute atomic E-state index is 0.134. The number of nitrogens with zero attached hydrogens (tertiary/aromatic N) is 2. The molecule has 1 aromatic heterocycles. The van der Waals surface area contributed by atoms with Gasteiger partial charge in [-0.15, -0.1) is 0 Å². The monoisotopic (exact) mass is 318 g/mol. The Morgan fingerprint density at radius 3 is 2.70 bits per heavy atom. The van der Waals surface area contributed by atoms with Crippen LogP contribution in [0.3, 0.4) is 0 Å². The van der Waals surface area contributed by atoms with Crippen LogP contribution in [0.5, 0.6) is 0 Å². The van der Waals surface area contributed by atoms with E-state index >= 15 is 0 Å². The van der Waals surface area contributed by atoms with Crippen LogP contribution in [0.4, 0.5) is 0 Å². The van der Waals surface area contributed by atoms with Crippen molar-refractivity contribution in [3.8, 4) is 0 Å². The molecule has 2 aromatic rings. The molecular weight excluding hydrogens is 296 g/mol. The molecule has 0 spiro atoms. The van der Waals surface area contributed by atoms with Crippen LogP contribution in [0, 0.1) is 0 Å². The predicted octanol–water partition coefficient (Wildman–Crippen LogP) is 3.08. The number of carbonyl (C=O) groups excluding carboxylic acids is 1. The third kappa shape index (κ3) is 5.49. The molecule has 1 atom stereocenters. The molecule has 0 saturated carbocycles. The van der Waals surface area contributed by atoms with Gasteiger partial charge in [-0.2, -0.15) is 4.98 Å². The first kappa shape index (κ1) is 17.1. The number of benzene rings is 1. The molecule has 23 heavy (non-hydrogen) atoms. The van der Waals surface area contributed by atoms with Gasteiger partial charge in [0.1, 0.15) is 6.10 Å². The van der Waals surface area contributed by atoms with Crippen LogP contribution >= 0.6 is 0 Å². The summed E-state index contributed by atoms with van der Waals surface area (Å²) in [5.41, 5.74) is 1.36. The first-order valence-electron chi connectivity index (χ1n) is 7.84. The van der Waals surface area contributed by atoms with Crippen LogP contribution in [0.1, 0.15) is 60.3 Å². The van der Waals surface area contributed by atoms with Crippen molar-refractivity contribution >= 4 is 5.97 Å². The zero-order valence-electron chi connectivity index (χ0n) is 13.3. The summed E-state index contributed by atoms with van der Waals surface area (Å²) in [6.45, 7) is 0. The second-order valence-electron chi connectivity index (χ2n) is 5.40. The zero-order valence-corrected chi connectivity index (χ0v) is 13.3. The summed E-state index contributed by atoms with van der Waals surface area (Å²) in [6, 6.07) is 10.4. The van der Waals surface area contributed by atoms with Crippen LogP contribution in [0.15, 0.2) is 34.9 Å². The van der Waals surface area contributed by atoms with Crippen molar-refractivity contribution in [2.24, 2.45) is 0 Å². The number of hydrogen-bond donors (Lipinski definition) is 1. The minimum atomic E-state index is -0.814. The fraction of sp³-hybridized carbons (Fsp3) is 0.471. The van der Waals surface area contributed by atoms with Crippen molar-refractivity contribution in [1.82, 2.24) is 10.1 Å². The van der Waals surface area contributed by atoms with Gasteiger partial charge in [-0.1, -0.05) is 54.8 Å². The number of rotatable bonds is 9. The fourth-order valence-electron chi connectivity index (χ4n) is 2.33. The second kappa shape index (κ2) is 9.05. The van der Waals surface area contributed by atoms with E-state index in [1.165, 1.54) is 12.7 Å². The Hall–Kier alpha value is -2.21. The van der Waals surface area contributed by atoms with Gasteiger partial charge in [-0.3, -0.25) is 0 Å². The Bertz CT molecular complexity index is 598. The molecule has 1 unspecified atom stereocenters. The molecule has 0 aliphatic rings. The molecule has 0 fully saturated rings. The molecule has 1 N–H and O–H groups in total. The molecule has 6 heteroatoms. The molecular formula is C17H22N2O4. The molecule has 1 aromatic carbocycles. The third-order valence-electron chi connectivity index (χ3n) is 3.64. The number of esters is 1. The Morgan fingerprint density at radius 2 is 1.96 bits per heavy atom. The number of ether oxygens (including phenoxy) is 1. The van der Waals surface area contributed by atoms with Gasteiger partial charge in [0, 0.05) is 0 Å². The molecule has 0 amide bonds. The molecule has 0 radical (unpaired) electrons. The highest BCUT2D eigenvalue weighted by atomic mass is 16.6. The van der Waals surface area contributed by atoms with Gasteiger partial charge >= 0.3 is 11.9 Å². The standard InChI is InChI=1S/C17H22N2O4/c1-22-17(21)16-18-15(19-23-16)14(20)12-8-3-2-5-9-13-10-6-4-7-11-13/h4,6-7,10-11,14,20H,2-3,5,8-9,12H2,1H3. The molecule has 0 saturated heterocycles. The summed E-state index contributed by atoms with van der Waals surface area (Å²) in [5.74, 6) is -0.795. The maximum atomic E-state index is 11.2. The molecule has 0 aliphatic heterocycles. The second-order valence-corrected chi connectivity index (χ2v) is 5.40. The number of aryl methyl sites for hydroxylation is 1. The topological polar surface area (TPSA) is 85.5 Å². The van der Waals surface area contributed by atoms with Crippen LogP contribution in [0.2, 0.25) is 0 Å². The smallest absolute Gasteiger partial charge is 0.397 e. The Kier molecular flexibility index (Phi) is 6.75. The van der Waals surface area contributed by atoms with Crippen molar-refractivity contribution in [3.63, 3.8) is 0 Å². The van der Waals surface area contributed by atoms with Gasteiger partial charge in [0.05, 0.1) is 7.11 Å². The van der Waals surface area contributed by atoms with Crippen molar-refractivity contribution < 1.29 is 19.2 Å². The Labute approximate surface area is 135 Å². The van der Waals surface area contributed by atoms with Gasteiger partial charge < -0.3 is 14.4 Å². The largest absolute Gasteiger partial charge is 0.462 e. The number of carbonyl (C=O) groups is 1. The van der Waals surface area contributed by atoms with Gasteiger partial charge in [0.2, 0.25) is 5.82 Å². The van der Waals surface area contributed by atoms with Crippen molar-refractivity contribution in [2.45, 2.75) is 44.6 Å². The SMILES string of the molecule is COC(=O)c1nc(C(O)CCCCCCc2ccccc2)no1. The van der Waals surface area contributed by atoms with E-state index in [4.69, 9.17) is 4.52 Å². The number of unbranched alkanes of at least 4 members (excludes halogenated alkanes) is 3. The van der Waals surface area contributed by atoms with Crippen molar-refractivity contribution in [2.75, 3.05) is 7.11 Å². The van der Waals surface area contributed by atoms with E-state index in [1.807, 2.05) is 6.07 Å². The van der Waals surface area contributed by atoms with Crippen molar-refractivity contribution in [1.29, 1.82) is 0 Å². The summed E-state index contributed by atoms with van der Waals surface area (Å²) >= 11 is 0. The molecule has 0 bridgehead atoms. The maximum absolute atomic E-state index is 11.2. The van der Waals surface area contributed by atoms with Crippen LogP contribution < -0.4 is 0 Å². The first-order valence-corrected chi connectivity index (χ1v) is 7.84. The lowest BCUT2D eigenvalue weighted by Gasteiger charge is -2.05. The molecule has 0 aliphatic carbocycles.